The zero-order chi connectivity index (χ0) is 13.5. The summed E-state index contributed by atoms with van der Waals surface area (Å²) in [5, 5.41) is 14.2. The second kappa shape index (κ2) is 7.03. The predicted molar refractivity (Wildman–Crippen MR) is 69.3 cm³/mol. The molecule has 0 aliphatic heterocycles. The van der Waals surface area contributed by atoms with Gasteiger partial charge in [0.05, 0.1) is 0 Å². The lowest BCUT2D eigenvalue weighted by molar-refractivity contribution is -0.139. The summed E-state index contributed by atoms with van der Waals surface area (Å²) in [4.78, 5) is 22.5. The van der Waals surface area contributed by atoms with Crippen LogP contribution in [0.15, 0.2) is 12.7 Å². The Bertz CT molecular complexity index is 309. The van der Waals surface area contributed by atoms with Gasteiger partial charge in [-0.1, -0.05) is 13.0 Å². The summed E-state index contributed by atoms with van der Waals surface area (Å²) < 4.78 is 0. The molecular weight excluding hydrogens is 232 g/mol. The number of hydrogen-bond donors (Lipinski definition) is 3. The van der Waals surface area contributed by atoms with E-state index >= 15 is 0 Å². The van der Waals surface area contributed by atoms with Crippen molar-refractivity contribution in [1.29, 1.82) is 0 Å². The number of aliphatic carboxylic acids is 1. The van der Waals surface area contributed by atoms with Crippen LogP contribution in [0.5, 0.6) is 0 Å². The molecule has 0 saturated heterocycles. The van der Waals surface area contributed by atoms with E-state index in [1.807, 2.05) is 0 Å². The zero-order valence-corrected chi connectivity index (χ0v) is 10.8. The highest BCUT2D eigenvalue weighted by atomic mass is 16.4. The first-order valence-corrected chi connectivity index (χ1v) is 6.43. The number of carbonyl (C=O) groups excluding carboxylic acids is 1. The largest absolute Gasteiger partial charge is 0.480 e. The Morgan fingerprint density at radius 1 is 1.39 bits per heavy atom. The monoisotopic (exact) mass is 254 g/mol. The first kappa shape index (κ1) is 14.5. The first-order chi connectivity index (χ1) is 8.52. The van der Waals surface area contributed by atoms with Crippen molar-refractivity contribution in [3.05, 3.63) is 12.7 Å². The van der Waals surface area contributed by atoms with Crippen molar-refractivity contribution in [1.82, 2.24) is 10.6 Å². The molecule has 0 spiro atoms. The van der Waals surface area contributed by atoms with Crippen molar-refractivity contribution < 1.29 is 14.7 Å². The van der Waals surface area contributed by atoms with E-state index in [4.69, 9.17) is 5.11 Å². The Labute approximate surface area is 108 Å². The summed E-state index contributed by atoms with van der Waals surface area (Å²) >= 11 is 0. The van der Waals surface area contributed by atoms with Gasteiger partial charge in [-0.25, -0.2) is 9.59 Å². The predicted octanol–water partition coefficient (Wildman–Crippen LogP) is 1.89. The molecule has 5 heteroatoms. The molecule has 0 radical (unpaired) electrons. The number of carbonyl (C=O) groups is 2. The lowest BCUT2D eigenvalue weighted by Gasteiger charge is -2.27. The molecule has 2 amide bonds. The molecule has 1 aliphatic rings. The molecule has 1 fully saturated rings. The van der Waals surface area contributed by atoms with Crippen LogP contribution in [0.2, 0.25) is 0 Å². The standard InChI is InChI=1S/C13H22N2O3/c1-3-4-11(12(16)17)15-13(18)14-10-7-5-9(2)6-8-10/h3,9-11H,1,4-8H2,2H3,(H,16,17)(H2,14,15,18). The molecule has 1 unspecified atom stereocenters. The Morgan fingerprint density at radius 2 is 2.00 bits per heavy atom. The van der Waals surface area contributed by atoms with Crippen LogP contribution in [-0.2, 0) is 4.79 Å². The lowest BCUT2D eigenvalue weighted by Crippen LogP contribution is -2.49. The molecule has 0 bridgehead atoms. The van der Waals surface area contributed by atoms with Crippen molar-refractivity contribution in [3.8, 4) is 0 Å². The molecular formula is C13H22N2O3. The Balaban J connectivity index is 2.35. The molecule has 0 aromatic carbocycles. The molecule has 0 heterocycles. The third-order valence-corrected chi connectivity index (χ3v) is 3.36. The van der Waals surface area contributed by atoms with Gasteiger partial charge in [-0.2, -0.15) is 0 Å². The second-order valence-electron chi connectivity index (χ2n) is 4.99. The van der Waals surface area contributed by atoms with E-state index in [0.29, 0.717) is 0 Å². The second-order valence-corrected chi connectivity index (χ2v) is 4.99. The number of rotatable bonds is 5. The lowest BCUT2D eigenvalue weighted by atomic mass is 9.87. The number of carboxylic acid groups (broad SMARTS) is 1. The minimum atomic E-state index is -1.04. The van der Waals surface area contributed by atoms with Crippen molar-refractivity contribution >= 4 is 12.0 Å². The highest BCUT2D eigenvalue weighted by Crippen LogP contribution is 2.23. The van der Waals surface area contributed by atoms with Gasteiger partial charge in [0.25, 0.3) is 0 Å². The molecule has 5 nitrogen and oxygen atoms in total. The maximum atomic E-state index is 11.7. The average Bonchev–Trinajstić information content (AvgIpc) is 2.31. The fraction of sp³-hybridized carbons (Fsp3) is 0.692. The topological polar surface area (TPSA) is 78.4 Å². The quantitative estimate of drug-likeness (QED) is 0.656. The molecule has 1 saturated carbocycles. The van der Waals surface area contributed by atoms with Crippen LogP contribution in [0.4, 0.5) is 4.79 Å². The van der Waals surface area contributed by atoms with Gasteiger partial charge in [-0.3, -0.25) is 0 Å². The van der Waals surface area contributed by atoms with Gasteiger partial charge in [0.1, 0.15) is 6.04 Å². The number of hydrogen-bond acceptors (Lipinski definition) is 2. The zero-order valence-electron chi connectivity index (χ0n) is 10.8. The van der Waals surface area contributed by atoms with Crippen LogP contribution in [0.25, 0.3) is 0 Å². The van der Waals surface area contributed by atoms with Crippen LogP contribution < -0.4 is 10.6 Å². The van der Waals surface area contributed by atoms with Crippen LogP contribution >= 0.6 is 0 Å². The SMILES string of the molecule is C=CCC(NC(=O)NC1CCC(C)CC1)C(=O)O. The summed E-state index contributed by atoms with van der Waals surface area (Å²) in [5.41, 5.74) is 0. The van der Waals surface area contributed by atoms with Gasteiger partial charge >= 0.3 is 12.0 Å². The fourth-order valence-corrected chi connectivity index (χ4v) is 2.18. The molecule has 0 aromatic rings. The van der Waals surface area contributed by atoms with Gasteiger partial charge in [0.15, 0.2) is 0 Å². The minimum absolute atomic E-state index is 0.166. The van der Waals surface area contributed by atoms with Crippen LogP contribution in [0.3, 0.4) is 0 Å². The van der Waals surface area contributed by atoms with Crippen LogP contribution in [-0.4, -0.2) is 29.2 Å². The fourth-order valence-electron chi connectivity index (χ4n) is 2.18. The molecule has 1 rings (SSSR count). The summed E-state index contributed by atoms with van der Waals surface area (Å²) in [7, 11) is 0. The van der Waals surface area contributed by atoms with Crippen LogP contribution in [0, 0.1) is 5.92 Å². The van der Waals surface area contributed by atoms with Gasteiger partial charge in [-0.05, 0) is 38.0 Å². The number of urea groups is 1. The molecule has 1 atom stereocenters. The van der Waals surface area contributed by atoms with Gasteiger partial charge < -0.3 is 15.7 Å². The maximum absolute atomic E-state index is 11.7. The molecule has 1 aliphatic carbocycles. The van der Waals surface area contributed by atoms with E-state index in [9.17, 15) is 9.59 Å². The van der Waals surface area contributed by atoms with Gasteiger partial charge in [-0.15, -0.1) is 6.58 Å². The summed E-state index contributed by atoms with van der Waals surface area (Å²) in [6.45, 7) is 5.69. The number of amides is 2. The third kappa shape index (κ3) is 4.77. The number of carboxylic acids is 1. The van der Waals surface area contributed by atoms with Gasteiger partial charge in [0.2, 0.25) is 0 Å². The Kier molecular flexibility index (Phi) is 5.68. The third-order valence-electron chi connectivity index (χ3n) is 3.36. The molecule has 0 aromatic heterocycles. The Morgan fingerprint density at radius 3 is 2.50 bits per heavy atom. The normalized spacial score (nSPS) is 24.9. The van der Waals surface area contributed by atoms with E-state index < -0.39 is 18.0 Å². The molecule has 18 heavy (non-hydrogen) atoms. The Hall–Kier alpha value is -1.52. The van der Waals surface area contributed by atoms with E-state index in [0.717, 1.165) is 31.6 Å². The van der Waals surface area contributed by atoms with Crippen molar-refractivity contribution in [2.24, 2.45) is 5.92 Å². The smallest absolute Gasteiger partial charge is 0.326 e. The van der Waals surface area contributed by atoms with Gasteiger partial charge in [0, 0.05) is 6.04 Å². The van der Waals surface area contributed by atoms with Crippen molar-refractivity contribution in [2.45, 2.75) is 51.1 Å². The summed E-state index contributed by atoms with van der Waals surface area (Å²) in [5.74, 6) is -0.319. The van der Waals surface area contributed by atoms with E-state index in [1.165, 1.54) is 6.08 Å². The van der Waals surface area contributed by atoms with Crippen molar-refractivity contribution in [2.75, 3.05) is 0 Å². The van der Waals surface area contributed by atoms with E-state index in [2.05, 4.69) is 24.1 Å². The van der Waals surface area contributed by atoms with Crippen molar-refractivity contribution in [3.63, 3.8) is 0 Å². The highest BCUT2D eigenvalue weighted by Gasteiger charge is 2.22. The maximum Gasteiger partial charge on any atom is 0.326 e. The molecule has 102 valence electrons. The van der Waals surface area contributed by atoms with Crippen LogP contribution in [0.1, 0.15) is 39.0 Å². The number of nitrogens with one attached hydrogen (secondary N) is 2. The average molecular weight is 254 g/mol. The first-order valence-electron chi connectivity index (χ1n) is 6.43. The van der Waals surface area contributed by atoms with E-state index in [-0.39, 0.29) is 12.5 Å². The summed E-state index contributed by atoms with van der Waals surface area (Å²) in [6, 6.07) is -1.13. The van der Waals surface area contributed by atoms with E-state index in [1.54, 1.807) is 0 Å². The summed E-state index contributed by atoms with van der Waals surface area (Å²) in [6.07, 6.45) is 5.87. The highest BCUT2D eigenvalue weighted by molar-refractivity contribution is 5.82. The molecule has 3 N–H and O–H groups in total. The minimum Gasteiger partial charge on any atom is -0.480 e.